The molecular formula is C22H20N2O4S. The van der Waals surface area contributed by atoms with Crippen LogP contribution in [0.1, 0.15) is 33.2 Å². The predicted octanol–water partition coefficient (Wildman–Crippen LogP) is 4.25. The molecule has 0 saturated carbocycles. The van der Waals surface area contributed by atoms with Crippen LogP contribution < -0.4 is 10.0 Å². The second kappa shape index (κ2) is 8.28. The molecule has 0 aromatic heterocycles. The third kappa shape index (κ3) is 4.89. The number of aryl methyl sites for hydroxylation is 1. The molecule has 3 aromatic carbocycles. The number of benzene rings is 3. The van der Waals surface area contributed by atoms with Crippen LogP contribution in [0, 0.1) is 6.92 Å². The Morgan fingerprint density at radius 2 is 1.55 bits per heavy atom. The van der Waals surface area contributed by atoms with E-state index in [1.165, 1.54) is 31.2 Å². The lowest BCUT2D eigenvalue weighted by Crippen LogP contribution is -2.18. The number of carbonyl (C=O) groups excluding carboxylic acids is 2. The fourth-order valence-electron chi connectivity index (χ4n) is 2.71. The molecule has 0 radical (unpaired) electrons. The molecule has 0 spiro atoms. The lowest BCUT2D eigenvalue weighted by atomic mass is 10.1. The molecular weight excluding hydrogens is 388 g/mol. The number of Topliss-reactive ketones (excluding diaryl/α,β-unsaturated/α-hetero) is 1. The van der Waals surface area contributed by atoms with Gasteiger partial charge in [0.25, 0.3) is 15.9 Å². The summed E-state index contributed by atoms with van der Waals surface area (Å²) in [5.74, 6) is -0.611. The summed E-state index contributed by atoms with van der Waals surface area (Å²) in [5.41, 5.74) is 2.18. The van der Waals surface area contributed by atoms with Crippen molar-refractivity contribution in [2.75, 3.05) is 10.0 Å². The number of amides is 1. The van der Waals surface area contributed by atoms with Crippen LogP contribution in [0.5, 0.6) is 0 Å². The molecule has 0 saturated heterocycles. The number of carbonyl (C=O) groups is 2. The van der Waals surface area contributed by atoms with Crippen LogP contribution in [0.2, 0.25) is 0 Å². The minimum Gasteiger partial charge on any atom is -0.322 e. The van der Waals surface area contributed by atoms with Gasteiger partial charge in [-0.25, -0.2) is 8.42 Å². The van der Waals surface area contributed by atoms with E-state index in [1.807, 2.05) is 6.92 Å². The molecule has 0 bridgehead atoms. The molecule has 7 heteroatoms. The van der Waals surface area contributed by atoms with Crippen LogP contribution in [-0.4, -0.2) is 20.1 Å². The zero-order valence-electron chi connectivity index (χ0n) is 16.0. The van der Waals surface area contributed by atoms with Crippen LogP contribution >= 0.6 is 0 Å². The standard InChI is InChI=1S/C22H20N2O4S/c1-15-10-12-19(13-11-15)29(27,28)24-21-9-4-3-8-20(21)22(26)23-18-7-5-6-17(14-18)16(2)25/h3-14,24H,1-2H3,(H,23,26). The summed E-state index contributed by atoms with van der Waals surface area (Å²) >= 11 is 0. The van der Waals surface area contributed by atoms with Gasteiger partial charge < -0.3 is 5.32 Å². The van der Waals surface area contributed by atoms with Gasteiger partial charge in [-0.15, -0.1) is 0 Å². The molecule has 3 rings (SSSR count). The molecule has 0 atom stereocenters. The average molecular weight is 408 g/mol. The van der Waals surface area contributed by atoms with E-state index in [-0.39, 0.29) is 21.9 Å². The van der Waals surface area contributed by atoms with E-state index in [9.17, 15) is 18.0 Å². The molecule has 148 valence electrons. The minimum atomic E-state index is -3.85. The Labute approximate surface area is 169 Å². The third-order valence-electron chi connectivity index (χ3n) is 4.27. The van der Waals surface area contributed by atoms with Crippen molar-refractivity contribution in [1.82, 2.24) is 0 Å². The molecule has 1 amide bonds. The van der Waals surface area contributed by atoms with Crippen LogP contribution in [0.3, 0.4) is 0 Å². The van der Waals surface area contributed by atoms with Crippen molar-refractivity contribution in [3.8, 4) is 0 Å². The van der Waals surface area contributed by atoms with E-state index in [1.54, 1.807) is 48.5 Å². The van der Waals surface area contributed by atoms with Crippen molar-refractivity contribution in [3.05, 3.63) is 89.5 Å². The fraction of sp³-hybridized carbons (Fsp3) is 0.0909. The Hall–Kier alpha value is -3.45. The van der Waals surface area contributed by atoms with Gasteiger partial charge in [-0.05, 0) is 50.2 Å². The van der Waals surface area contributed by atoms with Crippen LogP contribution in [0.4, 0.5) is 11.4 Å². The van der Waals surface area contributed by atoms with Crippen LogP contribution in [0.25, 0.3) is 0 Å². The maximum Gasteiger partial charge on any atom is 0.261 e. The molecule has 0 aliphatic heterocycles. The lowest BCUT2D eigenvalue weighted by Gasteiger charge is -2.13. The first-order chi connectivity index (χ1) is 13.8. The van der Waals surface area contributed by atoms with Gasteiger partial charge in [0.1, 0.15) is 0 Å². The van der Waals surface area contributed by atoms with E-state index in [0.717, 1.165) is 5.56 Å². The van der Waals surface area contributed by atoms with Crippen molar-refractivity contribution in [2.24, 2.45) is 0 Å². The summed E-state index contributed by atoms with van der Waals surface area (Å²) in [7, 11) is -3.85. The zero-order valence-corrected chi connectivity index (χ0v) is 16.8. The molecule has 29 heavy (non-hydrogen) atoms. The normalized spacial score (nSPS) is 11.0. The van der Waals surface area contributed by atoms with Crippen molar-refractivity contribution < 1.29 is 18.0 Å². The Balaban J connectivity index is 1.87. The highest BCUT2D eigenvalue weighted by Gasteiger charge is 2.18. The summed E-state index contributed by atoms with van der Waals surface area (Å²) in [4.78, 5) is 24.4. The number of hydrogen-bond donors (Lipinski definition) is 2. The lowest BCUT2D eigenvalue weighted by molar-refractivity contribution is 0.101. The van der Waals surface area contributed by atoms with Gasteiger partial charge in [0.2, 0.25) is 0 Å². The number of sulfonamides is 1. The second-order valence-electron chi connectivity index (χ2n) is 6.56. The van der Waals surface area contributed by atoms with Gasteiger partial charge in [-0.2, -0.15) is 0 Å². The van der Waals surface area contributed by atoms with Gasteiger partial charge in [-0.3, -0.25) is 14.3 Å². The molecule has 0 aliphatic rings. The van der Waals surface area contributed by atoms with Crippen molar-refractivity contribution in [1.29, 1.82) is 0 Å². The molecule has 3 aromatic rings. The van der Waals surface area contributed by atoms with Gasteiger partial charge in [0.15, 0.2) is 5.78 Å². The molecule has 0 heterocycles. The third-order valence-corrected chi connectivity index (χ3v) is 5.66. The smallest absolute Gasteiger partial charge is 0.261 e. The summed E-state index contributed by atoms with van der Waals surface area (Å²) in [6.07, 6.45) is 0. The molecule has 0 aliphatic carbocycles. The number of hydrogen-bond acceptors (Lipinski definition) is 4. The quantitative estimate of drug-likeness (QED) is 0.597. The number of ketones is 1. The topological polar surface area (TPSA) is 92.3 Å². The maximum atomic E-state index is 12.8. The second-order valence-corrected chi connectivity index (χ2v) is 8.24. The maximum absolute atomic E-state index is 12.8. The minimum absolute atomic E-state index is 0.104. The number of rotatable bonds is 6. The summed E-state index contributed by atoms with van der Waals surface area (Å²) in [5, 5.41) is 2.70. The van der Waals surface area contributed by atoms with Gasteiger partial charge in [0, 0.05) is 11.3 Å². The Bertz CT molecular complexity index is 1170. The number of nitrogens with one attached hydrogen (secondary N) is 2. The summed E-state index contributed by atoms with van der Waals surface area (Å²) in [6.45, 7) is 3.31. The monoisotopic (exact) mass is 408 g/mol. The Morgan fingerprint density at radius 1 is 0.862 bits per heavy atom. The highest BCUT2D eigenvalue weighted by atomic mass is 32.2. The van der Waals surface area contributed by atoms with Crippen molar-refractivity contribution in [3.63, 3.8) is 0 Å². The molecule has 2 N–H and O–H groups in total. The largest absolute Gasteiger partial charge is 0.322 e. The van der Waals surface area contributed by atoms with E-state index in [4.69, 9.17) is 0 Å². The highest BCUT2D eigenvalue weighted by Crippen LogP contribution is 2.22. The van der Waals surface area contributed by atoms with Crippen LogP contribution in [-0.2, 0) is 10.0 Å². The molecule has 0 fully saturated rings. The summed E-state index contributed by atoms with van der Waals surface area (Å²) < 4.78 is 27.8. The first-order valence-electron chi connectivity index (χ1n) is 8.87. The molecule has 0 unspecified atom stereocenters. The van der Waals surface area contributed by atoms with E-state index >= 15 is 0 Å². The van der Waals surface area contributed by atoms with Crippen molar-refractivity contribution >= 4 is 33.1 Å². The first-order valence-corrected chi connectivity index (χ1v) is 10.4. The van der Waals surface area contributed by atoms with Crippen LogP contribution in [0.15, 0.2) is 77.7 Å². The van der Waals surface area contributed by atoms with Gasteiger partial charge in [-0.1, -0.05) is 42.0 Å². The Kier molecular flexibility index (Phi) is 5.79. The molecule has 6 nitrogen and oxygen atoms in total. The van der Waals surface area contributed by atoms with E-state index < -0.39 is 15.9 Å². The van der Waals surface area contributed by atoms with E-state index in [2.05, 4.69) is 10.0 Å². The fourth-order valence-corrected chi connectivity index (χ4v) is 3.79. The zero-order chi connectivity index (χ0) is 21.0. The summed E-state index contributed by atoms with van der Waals surface area (Å²) in [6, 6.07) is 19.3. The van der Waals surface area contributed by atoms with Gasteiger partial charge >= 0.3 is 0 Å². The van der Waals surface area contributed by atoms with E-state index in [0.29, 0.717) is 11.3 Å². The first kappa shape index (κ1) is 20.3. The predicted molar refractivity (Wildman–Crippen MR) is 113 cm³/mol. The number of anilines is 2. The SMILES string of the molecule is CC(=O)c1cccc(NC(=O)c2ccccc2NS(=O)(=O)c2ccc(C)cc2)c1. The van der Waals surface area contributed by atoms with Crippen molar-refractivity contribution in [2.45, 2.75) is 18.7 Å². The van der Waals surface area contributed by atoms with Gasteiger partial charge in [0.05, 0.1) is 16.1 Å². The number of para-hydroxylation sites is 1. The average Bonchev–Trinajstić information content (AvgIpc) is 2.68. The Morgan fingerprint density at radius 3 is 2.24 bits per heavy atom. The highest BCUT2D eigenvalue weighted by molar-refractivity contribution is 7.92.